The average Bonchev–Trinajstić information content (AvgIpc) is 3.21. The lowest BCUT2D eigenvalue weighted by atomic mass is 10.0. The highest BCUT2D eigenvalue weighted by atomic mass is 31.2. The van der Waals surface area contributed by atoms with Crippen molar-refractivity contribution < 1.29 is 27.7 Å². The zero-order chi connectivity index (χ0) is 15.1. The number of phosphoric acid groups is 1. The van der Waals surface area contributed by atoms with Crippen molar-refractivity contribution in [3.05, 3.63) is 0 Å². The van der Waals surface area contributed by atoms with Crippen molar-refractivity contribution in [2.75, 3.05) is 32.9 Å². The number of hydrogen-bond donors (Lipinski definition) is 2. The van der Waals surface area contributed by atoms with Gasteiger partial charge in [0.15, 0.2) is 12.1 Å². The second-order valence-electron chi connectivity index (χ2n) is 4.73. The predicted octanol–water partition coefficient (Wildman–Crippen LogP) is -0.000000000000000222. The maximum absolute atomic E-state index is 12.2. The van der Waals surface area contributed by atoms with E-state index in [0.717, 1.165) is 12.8 Å². The first kappa shape index (κ1) is 17.4. The SMILES string of the molecule is NCCOP(=O)(OCCN)OCC1(CC(=O)C=O)CC1. The summed E-state index contributed by atoms with van der Waals surface area (Å²) in [6.45, 7) is 0.450. The zero-order valence-corrected chi connectivity index (χ0v) is 12.2. The predicted molar refractivity (Wildman–Crippen MR) is 70.9 cm³/mol. The third-order valence-corrected chi connectivity index (χ3v) is 4.34. The van der Waals surface area contributed by atoms with Crippen LogP contribution in [0.2, 0.25) is 0 Å². The van der Waals surface area contributed by atoms with Crippen LogP contribution in [-0.4, -0.2) is 45.0 Å². The number of hydrogen-bond acceptors (Lipinski definition) is 8. The smallest absolute Gasteiger partial charge is 0.328 e. The molecule has 0 aromatic rings. The molecule has 0 aromatic carbocycles. The molecule has 0 atom stereocenters. The number of rotatable bonds is 12. The van der Waals surface area contributed by atoms with Gasteiger partial charge in [0, 0.05) is 24.9 Å². The molecule has 0 radical (unpaired) electrons. The molecule has 20 heavy (non-hydrogen) atoms. The van der Waals surface area contributed by atoms with Gasteiger partial charge in [0.1, 0.15) is 0 Å². The van der Waals surface area contributed by atoms with Crippen LogP contribution in [0.15, 0.2) is 0 Å². The molecule has 1 rings (SSSR count). The Balaban J connectivity index is 2.50. The molecule has 0 saturated heterocycles. The van der Waals surface area contributed by atoms with Crippen molar-refractivity contribution in [3.8, 4) is 0 Å². The van der Waals surface area contributed by atoms with E-state index in [-0.39, 0.29) is 45.6 Å². The second kappa shape index (κ2) is 7.97. The highest BCUT2D eigenvalue weighted by Crippen LogP contribution is 2.55. The van der Waals surface area contributed by atoms with Gasteiger partial charge in [0.2, 0.25) is 0 Å². The van der Waals surface area contributed by atoms with E-state index in [4.69, 9.17) is 25.0 Å². The lowest BCUT2D eigenvalue weighted by Gasteiger charge is -2.20. The third kappa shape index (κ3) is 5.78. The highest BCUT2D eigenvalue weighted by Gasteiger charge is 2.46. The zero-order valence-electron chi connectivity index (χ0n) is 11.3. The molecule has 0 spiro atoms. The number of ketones is 1. The van der Waals surface area contributed by atoms with Crippen molar-refractivity contribution in [1.82, 2.24) is 0 Å². The van der Waals surface area contributed by atoms with Crippen LogP contribution < -0.4 is 11.5 Å². The normalized spacial score (nSPS) is 16.9. The van der Waals surface area contributed by atoms with Crippen LogP contribution in [0.1, 0.15) is 19.3 Å². The summed E-state index contributed by atoms with van der Waals surface area (Å²) in [5.74, 6) is -0.494. The molecule has 116 valence electrons. The number of nitrogens with two attached hydrogens (primary N) is 2. The van der Waals surface area contributed by atoms with Gasteiger partial charge in [0.05, 0.1) is 19.8 Å². The second-order valence-corrected chi connectivity index (χ2v) is 6.39. The highest BCUT2D eigenvalue weighted by molar-refractivity contribution is 7.48. The Kier molecular flexibility index (Phi) is 6.94. The van der Waals surface area contributed by atoms with Crippen LogP contribution >= 0.6 is 7.82 Å². The summed E-state index contributed by atoms with van der Waals surface area (Å²) >= 11 is 0. The molecule has 0 heterocycles. The minimum Gasteiger partial charge on any atom is -0.328 e. The van der Waals surface area contributed by atoms with E-state index in [1.54, 1.807) is 0 Å². The quantitative estimate of drug-likeness (QED) is 0.292. The lowest BCUT2D eigenvalue weighted by Crippen LogP contribution is -2.18. The van der Waals surface area contributed by atoms with Crippen molar-refractivity contribution in [2.45, 2.75) is 19.3 Å². The molecule has 1 aliphatic carbocycles. The Morgan fingerprint density at radius 2 is 1.70 bits per heavy atom. The average molecular weight is 308 g/mol. The largest absolute Gasteiger partial charge is 0.474 e. The summed E-state index contributed by atoms with van der Waals surface area (Å²) in [5, 5.41) is 0. The number of carbonyl (C=O) groups excluding carboxylic acids is 2. The number of Topliss-reactive ketones (excluding diaryl/α,β-unsaturated/α-hetero) is 1. The van der Waals surface area contributed by atoms with E-state index in [2.05, 4.69) is 0 Å². The van der Waals surface area contributed by atoms with Gasteiger partial charge < -0.3 is 11.5 Å². The number of phosphoric ester groups is 1. The summed E-state index contributed by atoms with van der Waals surface area (Å²) in [5.41, 5.74) is 10.1. The van der Waals surface area contributed by atoms with Crippen molar-refractivity contribution in [1.29, 1.82) is 0 Å². The summed E-state index contributed by atoms with van der Waals surface area (Å²) in [7, 11) is -3.72. The first-order valence-corrected chi connectivity index (χ1v) is 7.87. The van der Waals surface area contributed by atoms with E-state index in [1.165, 1.54) is 0 Å². The minimum atomic E-state index is -3.72. The monoisotopic (exact) mass is 308 g/mol. The van der Waals surface area contributed by atoms with Crippen molar-refractivity contribution in [3.63, 3.8) is 0 Å². The van der Waals surface area contributed by atoms with Crippen LogP contribution in [-0.2, 0) is 27.7 Å². The Bertz CT molecular complexity index is 373. The van der Waals surface area contributed by atoms with Gasteiger partial charge in [-0.3, -0.25) is 23.2 Å². The fourth-order valence-corrected chi connectivity index (χ4v) is 2.93. The molecule has 0 aliphatic heterocycles. The Hall–Kier alpha value is -0.630. The number of carbonyl (C=O) groups is 2. The van der Waals surface area contributed by atoms with Crippen LogP contribution in [0.3, 0.4) is 0 Å². The molecule has 0 aromatic heterocycles. The first-order valence-electron chi connectivity index (χ1n) is 6.41. The van der Waals surface area contributed by atoms with E-state index in [9.17, 15) is 14.2 Å². The maximum Gasteiger partial charge on any atom is 0.474 e. The molecule has 4 N–H and O–H groups in total. The molecule has 8 nitrogen and oxygen atoms in total. The van der Waals surface area contributed by atoms with E-state index >= 15 is 0 Å². The molecule has 0 amide bonds. The molecule has 9 heteroatoms. The van der Waals surface area contributed by atoms with Gasteiger partial charge in [-0.25, -0.2) is 4.57 Å². The topological polar surface area (TPSA) is 131 Å². The Morgan fingerprint density at radius 1 is 1.15 bits per heavy atom. The van der Waals surface area contributed by atoms with Gasteiger partial charge in [-0.2, -0.15) is 0 Å². The van der Waals surface area contributed by atoms with Crippen LogP contribution in [0.5, 0.6) is 0 Å². The standard InChI is InChI=1S/C11H21N2O6P/c12-3-5-17-20(16,18-6-4-13)19-9-11(1-2-11)7-10(15)8-14/h8H,1-7,9,12-13H2. The molecular formula is C11H21N2O6P. The van der Waals surface area contributed by atoms with Crippen LogP contribution in [0.25, 0.3) is 0 Å². The minimum absolute atomic E-state index is 0.0299. The van der Waals surface area contributed by atoms with E-state index in [0.29, 0.717) is 0 Å². The Morgan fingerprint density at radius 3 is 2.10 bits per heavy atom. The molecule has 1 aliphatic rings. The summed E-state index contributed by atoms with van der Waals surface area (Å²) in [6.07, 6.45) is 1.85. The molecule has 0 bridgehead atoms. The summed E-state index contributed by atoms with van der Waals surface area (Å²) in [6, 6.07) is 0. The summed E-state index contributed by atoms with van der Waals surface area (Å²) < 4.78 is 27.5. The molecule has 1 saturated carbocycles. The third-order valence-electron chi connectivity index (χ3n) is 2.90. The maximum atomic E-state index is 12.2. The Labute approximate surface area is 117 Å². The fourth-order valence-electron chi connectivity index (χ4n) is 1.62. The van der Waals surface area contributed by atoms with Gasteiger partial charge in [-0.05, 0) is 12.8 Å². The van der Waals surface area contributed by atoms with E-state index < -0.39 is 19.0 Å². The lowest BCUT2D eigenvalue weighted by molar-refractivity contribution is -0.130. The first-order chi connectivity index (χ1) is 9.49. The van der Waals surface area contributed by atoms with E-state index in [1.807, 2.05) is 0 Å². The molecule has 1 fully saturated rings. The summed E-state index contributed by atoms with van der Waals surface area (Å²) in [4.78, 5) is 21.5. The van der Waals surface area contributed by atoms with Gasteiger partial charge in [-0.15, -0.1) is 0 Å². The fraction of sp³-hybridized carbons (Fsp3) is 0.818. The van der Waals surface area contributed by atoms with Gasteiger partial charge >= 0.3 is 7.82 Å². The molecular weight excluding hydrogens is 287 g/mol. The van der Waals surface area contributed by atoms with Crippen LogP contribution in [0.4, 0.5) is 0 Å². The van der Waals surface area contributed by atoms with Crippen molar-refractivity contribution >= 4 is 19.9 Å². The molecule has 0 unspecified atom stereocenters. The van der Waals surface area contributed by atoms with Gasteiger partial charge in [-0.1, -0.05) is 0 Å². The van der Waals surface area contributed by atoms with Crippen LogP contribution in [0, 0.1) is 5.41 Å². The number of aldehydes is 1. The van der Waals surface area contributed by atoms with Gasteiger partial charge in [0.25, 0.3) is 0 Å². The van der Waals surface area contributed by atoms with Crippen molar-refractivity contribution in [2.24, 2.45) is 16.9 Å².